The van der Waals surface area contributed by atoms with Gasteiger partial charge in [-0.15, -0.1) is 0 Å². The predicted molar refractivity (Wildman–Crippen MR) is 65.1 cm³/mol. The van der Waals surface area contributed by atoms with Crippen molar-refractivity contribution in [3.63, 3.8) is 0 Å². The molecule has 1 saturated heterocycles. The van der Waals surface area contributed by atoms with Crippen LogP contribution in [0.15, 0.2) is 24.4 Å². The summed E-state index contributed by atoms with van der Waals surface area (Å²) in [6, 6.07) is 6.27. The van der Waals surface area contributed by atoms with Crippen molar-refractivity contribution in [1.82, 2.24) is 4.98 Å². The van der Waals surface area contributed by atoms with Crippen LogP contribution in [0.3, 0.4) is 0 Å². The number of fused-ring (bicyclic) bond motifs is 1. The molecule has 0 atom stereocenters. The van der Waals surface area contributed by atoms with Crippen molar-refractivity contribution in [3.05, 3.63) is 30.0 Å². The van der Waals surface area contributed by atoms with E-state index in [0.717, 1.165) is 35.8 Å². The number of hydrogen-bond acceptors (Lipinski definition) is 2. The topological polar surface area (TPSA) is 36.1 Å². The van der Waals surface area contributed by atoms with Gasteiger partial charge in [0.15, 0.2) is 6.29 Å². The van der Waals surface area contributed by atoms with Gasteiger partial charge in [-0.25, -0.2) is 0 Å². The minimum absolute atomic E-state index is 0.739. The lowest BCUT2D eigenvalue weighted by Crippen LogP contribution is -2.17. The van der Waals surface area contributed by atoms with E-state index in [1.807, 2.05) is 6.07 Å². The van der Waals surface area contributed by atoms with Crippen LogP contribution in [0, 0.1) is 0 Å². The van der Waals surface area contributed by atoms with Crippen LogP contribution in [0.4, 0.5) is 5.69 Å². The molecule has 1 fully saturated rings. The Morgan fingerprint density at radius 3 is 2.81 bits per heavy atom. The summed E-state index contributed by atoms with van der Waals surface area (Å²) in [7, 11) is 0. The second-order valence-corrected chi connectivity index (χ2v) is 4.29. The Bertz CT molecular complexity index is 524. The van der Waals surface area contributed by atoms with E-state index in [1.54, 1.807) is 6.20 Å². The second kappa shape index (κ2) is 3.67. The molecule has 1 aromatic heterocycles. The molecule has 2 aromatic rings. The Kier molecular flexibility index (Phi) is 2.17. The summed E-state index contributed by atoms with van der Waals surface area (Å²) < 4.78 is 0. The highest BCUT2D eigenvalue weighted by molar-refractivity contribution is 5.98. The number of anilines is 1. The number of nitrogens with one attached hydrogen (secondary N) is 1. The van der Waals surface area contributed by atoms with Crippen LogP contribution in [0.2, 0.25) is 0 Å². The molecule has 0 saturated carbocycles. The van der Waals surface area contributed by atoms with E-state index in [4.69, 9.17) is 0 Å². The first-order valence-corrected chi connectivity index (χ1v) is 5.70. The molecule has 1 N–H and O–H groups in total. The second-order valence-electron chi connectivity index (χ2n) is 4.29. The van der Waals surface area contributed by atoms with Crippen LogP contribution >= 0.6 is 0 Å². The molecule has 1 aliphatic heterocycles. The highest BCUT2D eigenvalue weighted by atomic mass is 16.1. The molecule has 0 radical (unpaired) electrons. The first-order valence-electron chi connectivity index (χ1n) is 5.70. The van der Waals surface area contributed by atoms with E-state index < -0.39 is 0 Å². The quantitative estimate of drug-likeness (QED) is 0.780. The van der Waals surface area contributed by atoms with Gasteiger partial charge in [0.25, 0.3) is 0 Å². The van der Waals surface area contributed by atoms with Gasteiger partial charge < -0.3 is 9.88 Å². The van der Waals surface area contributed by atoms with E-state index in [0.29, 0.717) is 0 Å². The molecule has 0 bridgehead atoms. The number of H-pyrrole nitrogens is 1. The van der Waals surface area contributed by atoms with Crippen molar-refractivity contribution < 1.29 is 4.79 Å². The first kappa shape index (κ1) is 9.46. The molecule has 1 aromatic carbocycles. The van der Waals surface area contributed by atoms with E-state index >= 15 is 0 Å². The van der Waals surface area contributed by atoms with Gasteiger partial charge in [-0.2, -0.15) is 0 Å². The van der Waals surface area contributed by atoms with E-state index in [2.05, 4.69) is 22.0 Å². The molecule has 0 unspecified atom stereocenters. The summed E-state index contributed by atoms with van der Waals surface area (Å²) in [6.45, 7) is 2.29. The standard InChI is InChI=1S/C13H14N2O/c16-9-10-8-14-13-7-11(3-4-12(10)13)15-5-1-2-6-15/h3-4,7-9,14H,1-2,5-6H2. The maximum absolute atomic E-state index is 10.8. The van der Waals surface area contributed by atoms with Crippen LogP contribution < -0.4 is 4.90 Å². The van der Waals surface area contributed by atoms with Crippen LogP contribution in [0.5, 0.6) is 0 Å². The molecule has 16 heavy (non-hydrogen) atoms. The lowest BCUT2D eigenvalue weighted by molar-refractivity contribution is 0.112. The van der Waals surface area contributed by atoms with Gasteiger partial charge in [0, 0.05) is 41.4 Å². The lowest BCUT2D eigenvalue weighted by Gasteiger charge is -2.17. The zero-order valence-corrected chi connectivity index (χ0v) is 9.07. The fraction of sp³-hybridized carbons (Fsp3) is 0.308. The zero-order chi connectivity index (χ0) is 11.0. The van der Waals surface area contributed by atoms with Gasteiger partial charge >= 0.3 is 0 Å². The highest BCUT2D eigenvalue weighted by Gasteiger charge is 2.13. The van der Waals surface area contributed by atoms with Crippen molar-refractivity contribution in [2.45, 2.75) is 12.8 Å². The molecular formula is C13H14N2O. The summed E-state index contributed by atoms with van der Waals surface area (Å²) in [5.41, 5.74) is 3.04. The van der Waals surface area contributed by atoms with Gasteiger partial charge in [0.05, 0.1) is 0 Å². The molecule has 0 spiro atoms. The van der Waals surface area contributed by atoms with Crippen LogP contribution in [0.25, 0.3) is 10.9 Å². The number of nitrogens with zero attached hydrogens (tertiary/aromatic N) is 1. The summed E-state index contributed by atoms with van der Waals surface area (Å²) in [5.74, 6) is 0. The first-order chi connectivity index (χ1) is 7.88. The lowest BCUT2D eigenvalue weighted by atomic mass is 10.1. The Labute approximate surface area is 94.1 Å². The van der Waals surface area contributed by atoms with E-state index in [-0.39, 0.29) is 0 Å². The summed E-state index contributed by atoms with van der Waals surface area (Å²) >= 11 is 0. The highest BCUT2D eigenvalue weighted by Crippen LogP contribution is 2.25. The third kappa shape index (κ3) is 1.40. The van der Waals surface area contributed by atoms with Crippen molar-refractivity contribution in [2.24, 2.45) is 0 Å². The molecule has 1 aliphatic rings. The number of carbonyl (C=O) groups excluding carboxylic acids is 1. The van der Waals surface area contributed by atoms with E-state index in [9.17, 15) is 4.79 Å². The van der Waals surface area contributed by atoms with Crippen LogP contribution in [-0.4, -0.2) is 24.4 Å². The van der Waals surface area contributed by atoms with Gasteiger partial charge in [0.1, 0.15) is 0 Å². The number of rotatable bonds is 2. The predicted octanol–water partition coefficient (Wildman–Crippen LogP) is 2.58. The van der Waals surface area contributed by atoms with Crippen molar-refractivity contribution in [3.8, 4) is 0 Å². The third-order valence-corrected chi connectivity index (χ3v) is 3.30. The van der Waals surface area contributed by atoms with Crippen LogP contribution in [0.1, 0.15) is 23.2 Å². The molecule has 3 nitrogen and oxygen atoms in total. The number of hydrogen-bond donors (Lipinski definition) is 1. The van der Waals surface area contributed by atoms with Crippen molar-refractivity contribution in [2.75, 3.05) is 18.0 Å². The Balaban J connectivity index is 2.05. The van der Waals surface area contributed by atoms with Gasteiger partial charge in [-0.1, -0.05) is 6.07 Å². The maximum atomic E-state index is 10.8. The monoisotopic (exact) mass is 214 g/mol. The normalized spacial score (nSPS) is 15.9. The zero-order valence-electron chi connectivity index (χ0n) is 9.07. The number of aldehydes is 1. The molecule has 3 heteroatoms. The van der Waals surface area contributed by atoms with Crippen molar-refractivity contribution >= 4 is 22.9 Å². The third-order valence-electron chi connectivity index (χ3n) is 3.30. The Morgan fingerprint density at radius 1 is 1.25 bits per heavy atom. The SMILES string of the molecule is O=Cc1c[nH]c2cc(N3CCCC3)ccc12. The molecule has 2 heterocycles. The van der Waals surface area contributed by atoms with Crippen molar-refractivity contribution in [1.29, 1.82) is 0 Å². The maximum Gasteiger partial charge on any atom is 0.152 e. The summed E-state index contributed by atoms with van der Waals surface area (Å²) in [5, 5.41) is 1.01. The molecule has 0 aliphatic carbocycles. The fourth-order valence-electron chi connectivity index (χ4n) is 2.41. The molecule has 0 amide bonds. The number of benzene rings is 1. The smallest absolute Gasteiger partial charge is 0.152 e. The molecule has 82 valence electrons. The fourth-order valence-corrected chi connectivity index (χ4v) is 2.41. The minimum atomic E-state index is 0.739. The molecule has 3 rings (SSSR count). The average Bonchev–Trinajstić information content (AvgIpc) is 2.97. The van der Waals surface area contributed by atoms with Gasteiger partial charge in [-0.05, 0) is 25.0 Å². The summed E-state index contributed by atoms with van der Waals surface area (Å²) in [6.07, 6.45) is 5.23. The number of aromatic amines is 1. The minimum Gasteiger partial charge on any atom is -0.371 e. The van der Waals surface area contributed by atoms with E-state index in [1.165, 1.54) is 18.5 Å². The Morgan fingerprint density at radius 2 is 2.06 bits per heavy atom. The van der Waals surface area contributed by atoms with Crippen LogP contribution in [-0.2, 0) is 0 Å². The number of aromatic nitrogens is 1. The average molecular weight is 214 g/mol. The molecular weight excluding hydrogens is 200 g/mol. The summed E-state index contributed by atoms with van der Waals surface area (Å²) in [4.78, 5) is 16.3. The van der Waals surface area contributed by atoms with Gasteiger partial charge in [-0.3, -0.25) is 4.79 Å². The largest absolute Gasteiger partial charge is 0.371 e. The Hall–Kier alpha value is -1.77. The van der Waals surface area contributed by atoms with Gasteiger partial charge in [0.2, 0.25) is 0 Å². The number of carbonyl (C=O) groups is 1.